The van der Waals surface area contributed by atoms with Gasteiger partial charge in [0, 0.05) is 31.3 Å². The number of hydrogen-bond acceptors (Lipinski definition) is 6. The highest BCUT2D eigenvalue weighted by Crippen LogP contribution is 2.27. The molecule has 0 saturated carbocycles. The third kappa shape index (κ3) is 5.42. The second-order valence-corrected chi connectivity index (χ2v) is 8.03. The van der Waals surface area contributed by atoms with Crippen molar-refractivity contribution in [3.8, 4) is 17.2 Å². The maximum Gasteiger partial charge on any atom is 0.317 e. The number of carbonyl (C=O) groups is 1. The Kier molecular flexibility index (Phi) is 6.35. The van der Waals surface area contributed by atoms with Crippen LogP contribution in [0.2, 0.25) is 0 Å². The van der Waals surface area contributed by atoms with Gasteiger partial charge in [-0.1, -0.05) is 0 Å². The topological polar surface area (TPSA) is 94.2 Å². The number of hydrogen-bond donors (Lipinski definition) is 1. The number of benzene rings is 1. The van der Waals surface area contributed by atoms with Crippen LogP contribution in [0.5, 0.6) is 17.2 Å². The van der Waals surface area contributed by atoms with E-state index in [0.29, 0.717) is 30.2 Å². The SMILES string of the molecule is COc1cc(OC)cc(OCCNC(=O)N(C)C2CCS(=O)(=O)C2)c1. The van der Waals surface area contributed by atoms with E-state index in [0.717, 1.165) is 0 Å². The van der Waals surface area contributed by atoms with Crippen LogP contribution in [0.25, 0.3) is 0 Å². The van der Waals surface area contributed by atoms with E-state index in [9.17, 15) is 13.2 Å². The first kappa shape index (κ1) is 19.2. The zero-order valence-electron chi connectivity index (χ0n) is 14.6. The minimum atomic E-state index is -3.02. The van der Waals surface area contributed by atoms with Gasteiger partial charge in [0.1, 0.15) is 23.9 Å². The van der Waals surface area contributed by atoms with Crippen LogP contribution in [0.4, 0.5) is 4.79 Å². The average molecular weight is 372 g/mol. The molecular weight excluding hydrogens is 348 g/mol. The van der Waals surface area contributed by atoms with Gasteiger partial charge < -0.3 is 24.4 Å². The number of sulfone groups is 1. The zero-order valence-corrected chi connectivity index (χ0v) is 15.5. The van der Waals surface area contributed by atoms with E-state index in [1.807, 2.05) is 0 Å². The third-order valence-corrected chi connectivity index (χ3v) is 5.80. The molecule has 140 valence electrons. The van der Waals surface area contributed by atoms with Gasteiger partial charge in [0.05, 0.1) is 32.3 Å². The van der Waals surface area contributed by atoms with Crippen LogP contribution in [0.1, 0.15) is 6.42 Å². The molecule has 2 amide bonds. The number of urea groups is 1. The lowest BCUT2D eigenvalue weighted by atomic mass is 10.2. The lowest BCUT2D eigenvalue weighted by Gasteiger charge is -2.23. The smallest absolute Gasteiger partial charge is 0.317 e. The lowest BCUT2D eigenvalue weighted by molar-refractivity contribution is 0.192. The molecule has 8 nitrogen and oxygen atoms in total. The largest absolute Gasteiger partial charge is 0.496 e. The van der Waals surface area contributed by atoms with Crippen LogP contribution in [0.3, 0.4) is 0 Å². The summed E-state index contributed by atoms with van der Waals surface area (Å²) in [5.41, 5.74) is 0. The molecule has 0 aromatic heterocycles. The van der Waals surface area contributed by atoms with Gasteiger partial charge in [-0.15, -0.1) is 0 Å². The Labute approximate surface area is 148 Å². The van der Waals surface area contributed by atoms with Crippen molar-refractivity contribution < 1.29 is 27.4 Å². The van der Waals surface area contributed by atoms with Gasteiger partial charge in [-0.3, -0.25) is 0 Å². The molecular formula is C16H24N2O6S. The Bertz CT molecular complexity index is 684. The Morgan fingerprint density at radius 3 is 2.32 bits per heavy atom. The molecule has 1 aromatic rings. The van der Waals surface area contributed by atoms with Gasteiger partial charge >= 0.3 is 6.03 Å². The third-order valence-electron chi connectivity index (χ3n) is 4.05. The molecule has 0 radical (unpaired) electrons. The molecule has 0 spiro atoms. The minimum Gasteiger partial charge on any atom is -0.496 e. The second-order valence-electron chi connectivity index (χ2n) is 5.80. The molecule has 1 fully saturated rings. The molecule has 1 unspecified atom stereocenters. The number of amides is 2. The Hall–Kier alpha value is -2.16. The Morgan fingerprint density at radius 1 is 1.20 bits per heavy atom. The van der Waals surface area contributed by atoms with E-state index >= 15 is 0 Å². The molecule has 9 heteroatoms. The summed E-state index contributed by atoms with van der Waals surface area (Å²) in [6.07, 6.45) is 0.479. The maximum atomic E-state index is 12.1. The molecule has 1 aliphatic rings. The van der Waals surface area contributed by atoms with E-state index in [1.165, 1.54) is 4.90 Å². The molecule has 1 aliphatic heterocycles. The van der Waals surface area contributed by atoms with Gasteiger partial charge in [0.15, 0.2) is 9.84 Å². The summed E-state index contributed by atoms with van der Waals surface area (Å²) < 4.78 is 38.9. The fraction of sp³-hybridized carbons (Fsp3) is 0.562. The van der Waals surface area contributed by atoms with Crippen LogP contribution >= 0.6 is 0 Å². The normalized spacial score (nSPS) is 18.4. The van der Waals surface area contributed by atoms with Gasteiger partial charge in [0.25, 0.3) is 0 Å². The van der Waals surface area contributed by atoms with E-state index < -0.39 is 9.84 Å². The monoisotopic (exact) mass is 372 g/mol. The number of nitrogens with zero attached hydrogens (tertiary/aromatic N) is 1. The number of rotatable bonds is 7. The predicted molar refractivity (Wildman–Crippen MR) is 93.3 cm³/mol. The van der Waals surface area contributed by atoms with Crippen molar-refractivity contribution >= 4 is 15.9 Å². The van der Waals surface area contributed by atoms with Crippen LogP contribution in [-0.4, -0.2) is 71.3 Å². The van der Waals surface area contributed by atoms with Gasteiger partial charge in [-0.25, -0.2) is 13.2 Å². The van der Waals surface area contributed by atoms with Gasteiger partial charge in [-0.2, -0.15) is 0 Å². The molecule has 2 rings (SSSR count). The van der Waals surface area contributed by atoms with Crippen molar-refractivity contribution in [2.24, 2.45) is 0 Å². The highest BCUT2D eigenvalue weighted by atomic mass is 32.2. The predicted octanol–water partition coefficient (Wildman–Crippen LogP) is 0.911. The summed E-state index contributed by atoms with van der Waals surface area (Å²) in [4.78, 5) is 13.5. The lowest BCUT2D eigenvalue weighted by Crippen LogP contribution is -2.45. The molecule has 1 N–H and O–H groups in total. The summed E-state index contributed by atoms with van der Waals surface area (Å²) in [6.45, 7) is 0.557. The van der Waals surface area contributed by atoms with Crippen LogP contribution < -0.4 is 19.5 Å². The number of ether oxygens (including phenoxy) is 3. The molecule has 1 aromatic carbocycles. The van der Waals surface area contributed by atoms with E-state index in [-0.39, 0.29) is 30.2 Å². The van der Waals surface area contributed by atoms with Crippen LogP contribution in [-0.2, 0) is 9.84 Å². The number of nitrogens with one attached hydrogen (secondary N) is 1. The van der Waals surface area contributed by atoms with E-state index in [4.69, 9.17) is 14.2 Å². The summed E-state index contributed by atoms with van der Waals surface area (Å²) in [6, 6.07) is 4.60. The first-order valence-corrected chi connectivity index (χ1v) is 9.73. The Morgan fingerprint density at radius 2 is 1.80 bits per heavy atom. The quantitative estimate of drug-likeness (QED) is 0.715. The van der Waals surface area contributed by atoms with Crippen molar-refractivity contribution in [1.82, 2.24) is 10.2 Å². The minimum absolute atomic E-state index is 0.0248. The van der Waals surface area contributed by atoms with Crippen LogP contribution in [0, 0.1) is 0 Å². The molecule has 0 aliphatic carbocycles. The molecule has 1 saturated heterocycles. The summed E-state index contributed by atoms with van der Waals surface area (Å²) in [5.74, 6) is 1.95. The van der Waals surface area contributed by atoms with Gasteiger partial charge in [0.2, 0.25) is 0 Å². The highest BCUT2D eigenvalue weighted by molar-refractivity contribution is 7.91. The molecule has 1 atom stereocenters. The van der Waals surface area contributed by atoms with Crippen LogP contribution in [0.15, 0.2) is 18.2 Å². The molecule has 25 heavy (non-hydrogen) atoms. The first-order chi connectivity index (χ1) is 11.8. The highest BCUT2D eigenvalue weighted by Gasteiger charge is 2.32. The average Bonchev–Trinajstić information content (AvgIpc) is 2.97. The van der Waals surface area contributed by atoms with Crippen molar-refractivity contribution in [2.45, 2.75) is 12.5 Å². The standard InChI is InChI=1S/C16H24N2O6S/c1-18(12-4-7-25(20,21)11-12)16(19)17-5-6-24-15-9-13(22-2)8-14(10-15)23-3/h8-10,12H,4-7,11H2,1-3H3,(H,17,19). The summed E-state index contributed by atoms with van der Waals surface area (Å²) >= 11 is 0. The summed E-state index contributed by atoms with van der Waals surface area (Å²) in [5, 5.41) is 2.72. The maximum absolute atomic E-state index is 12.1. The fourth-order valence-electron chi connectivity index (χ4n) is 2.56. The van der Waals surface area contributed by atoms with Crippen molar-refractivity contribution in [1.29, 1.82) is 0 Å². The zero-order chi connectivity index (χ0) is 18.4. The molecule has 0 bridgehead atoms. The van der Waals surface area contributed by atoms with Crippen molar-refractivity contribution in [2.75, 3.05) is 45.9 Å². The first-order valence-electron chi connectivity index (χ1n) is 7.91. The molecule has 1 heterocycles. The van der Waals surface area contributed by atoms with E-state index in [2.05, 4.69) is 5.32 Å². The fourth-order valence-corrected chi connectivity index (χ4v) is 4.34. The number of methoxy groups -OCH3 is 2. The van der Waals surface area contributed by atoms with Crippen molar-refractivity contribution in [3.05, 3.63) is 18.2 Å². The Balaban J connectivity index is 1.78. The van der Waals surface area contributed by atoms with Crippen molar-refractivity contribution in [3.63, 3.8) is 0 Å². The van der Waals surface area contributed by atoms with E-state index in [1.54, 1.807) is 39.5 Å². The number of carbonyl (C=O) groups excluding carboxylic acids is 1. The van der Waals surface area contributed by atoms with Gasteiger partial charge in [-0.05, 0) is 6.42 Å². The second kappa shape index (κ2) is 8.28. The summed E-state index contributed by atoms with van der Waals surface area (Å²) in [7, 11) is 1.69.